The van der Waals surface area contributed by atoms with E-state index in [0.29, 0.717) is 9.99 Å². The first-order valence-electron chi connectivity index (χ1n) is 6.59. The quantitative estimate of drug-likeness (QED) is 0.403. The molecular weight excluding hydrogens is 357 g/mol. The minimum absolute atomic E-state index is 0. The zero-order valence-corrected chi connectivity index (χ0v) is 16.6. The van der Waals surface area contributed by atoms with Crippen molar-refractivity contribution >= 4 is 46.2 Å². The summed E-state index contributed by atoms with van der Waals surface area (Å²) in [5, 5.41) is 20.6. The molecule has 0 spiro atoms. The average Bonchev–Trinajstić information content (AvgIpc) is 2.92. The fourth-order valence-electron chi connectivity index (χ4n) is 2.71. The first kappa shape index (κ1) is 18.8. The Hall–Kier alpha value is 0.490. The van der Waals surface area contributed by atoms with Gasteiger partial charge in [-0.15, -0.1) is 0 Å². The number of aliphatic hydroxyl groups is 1. The van der Waals surface area contributed by atoms with Crippen LogP contribution in [0, 0.1) is 5.92 Å². The number of nitrogens with zero attached hydrogens (tertiary/aromatic N) is 1. The molecule has 2 fully saturated rings. The number of thioether (sulfide) groups is 2. The number of β-lactam (4-membered cyclic amide) rings is 1. The van der Waals surface area contributed by atoms with E-state index < -0.39 is 28.8 Å². The predicted octanol–water partition coefficient (Wildman–Crippen LogP) is -3.58. The number of carbonyl (C=O) groups excluding carboxylic acids is 2. The summed E-state index contributed by atoms with van der Waals surface area (Å²) in [5.41, 5.74) is -0.124. The third-order valence-electron chi connectivity index (χ3n) is 3.78. The molecule has 0 aliphatic carbocycles. The second-order valence-electron chi connectivity index (χ2n) is 5.18. The van der Waals surface area contributed by atoms with Crippen LogP contribution in [0.25, 0.3) is 0 Å². The molecule has 1 N–H and O–H groups in total. The monoisotopic (exact) mass is 371 g/mol. The first-order valence-corrected chi connectivity index (χ1v) is 9.73. The Labute approximate surface area is 161 Å². The van der Waals surface area contributed by atoms with Crippen molar-refractivity contribution < 1.29 is 53.6 Å². The van der Waals surface area contributed by atoms with E-state index in [4.69, 9.17) is 0 Å². The van der Waals surface area contributed by atoms with Crippen LogP contribution in [0.3, 0.4) is 0 Å². The van der Waals surface area contributed by atoms with Crippen LogP contribution in [0.5, 0.6) is 0 Å². The Bertz CT molecular complexity index is 567. The minimum atomic E-state index is -1.39. The number of rotatable bonds is 4. The molecule has 0 aromatic rings. The van der Waals surface area contributed by atoms with Gasteiger partial charge in [-0.25, -0.2) is 0 Å². The van der Waals surface area contributed by atoms with Crippen molar-refractivity contribution in [3.63, 3.8) is 0 Å². The average molecular weight is 371 g/mol. The minimum Gasteiger partial charge on any atom is -0.543 e. The molecule has 6 nitrogen and oxygen atoms in total. The molecule has 0 aromatic heterocycles. The third kappa shape index (κ3) is 3.05. The molecule has 3 heterocycles. The number of aliphatic hydroxyl groups excluding tert-OH is 1. The Morgan fingerprint density at radius 3 is 2.77 bits per heavy atom. The summed E-state index contributed by atoms with van der Waals surface area (Å²) in [6.07, 6.45) is 0.824. The Kier molecular flexibility index (Phi) is 6.13. The van der Waals surface area contributed by atoms with Gasteiger partial charge < -0.3 is 15.0 Å². The number of carboxylic acid groups (broad SMARTS) is 1. The number of carboxylic acids is 1. The standard InChI is InChI=1S/C12H15NO5S3.Na/c1-5(14)7-9(15)13-8(11(16)17)12(20-10(7)13)19-6-3-2-4-21(6)18;/h5-7,10,14H,2-4H2,1H3,(H,16,17);/q;+1/p-1/t5?,6?,7-,10+,21?;/m0./s1. The van der Waals surface area contributed by atoms with Crippen LogP contribution in [0.15, 0.2) is 9.93 Å². The van der Waals surface area contributed by atoms with Gasteiger partial charge in [0.15, 0.2) is 0 Å². The molecule has 3 aliphatic rings. The van der Waals surface area contributed by atoms with Crippen LogP contribution in [0.1, 0.15) is 19.8 Å². The molecule has 0 bridgehead atoms. The molecule has 0 aromatic carbocycles. The van der Waals surface area contributed by atoms with E-state index in [2.05, 4.69) is 0 Å². The van der Waals surface area contributed by atoms with Crippen molar-refractivity contribution in [2.45, 2.75) is 35.8 Å². The predicted molar refractivity (Wildman–Crippen MR) is 79.1 cm³/mol. The Morgan fingerprint density at radius 2 is 2.27 bits per heavy atom. The first-order chi connectivity index (χ1) is 9.91. The molecule has 2 saturated heterocycles. The third-order valence-corrected chi connectivity index (χ3v) is 8.86. The fourth-order valence-corrected chi connectivity index (χ4v) is 8.04. The number of amides is 1. The van der Waals surface area contributed by atoms with Gasteiger partial charge in [0.1, 0.15) is 5.37 Å². The molecular formula is C12H14NNaO5S3. The fraction of sp³-hybridized carbons (Fsp3) is 0.667. The van der Waals surface area contributed by atoms with E-state index in [1.165, 1.54) is 35.3 Å². The van der Waals surface area contributed by atoms with Gasteiger partial charge >= 0.3 is 29.6 Å². The van der Waals surface area contributed by atoms with Gasteiger partial charge in [-0.05, 0) is 19.8 Å². The van der Waals surface area contributed by atoms with Crippen molar-refractivity contribution in [2.24, 2.45) is 5.92 Å². The van der Waals surface area contributed by atoms with Crippen molar-refractivity contribution in [3.8, 4) is 0 Å². The molecule has 3 unspecified atom stereocenters. The van der Waals surface area contributed by atoms with E-state index in [9.17, 15) is 24.0 Å². The summed E-state index contributed by atoms with van der Waals surface area (Å²) in [7, 11) is -0.964. The van der Waals surface area contributed by atoms with E-state index >= 15 is 0 Å². The number of aliphatic carboxylic acids is 1. The van der Waals surface area contributed by atoms with Crippen LogP contribution < -0.4 is 34.7 Å². The van der Waals surface area contributed by atoms with Crippen molar-refractivity contribution in [2.75, 3.05) is 5.75 Å². The van der Waals surface area contributed by atoms with Crippen molar-refractivity contribution in [1.29, 1.82) is 0 Å². The molecule has 10 heteroatoms. The summed E-state index contributed by atoms with van der Waals surface area (Å²) in [6.45, 7) is 1.52. The number of hydrogen-bond acceptors (Lipinski definition) is 7. The maximum Gasteiger partial charge on any atom is 1.00 e. The Morgan fingerprint density at radius 1 is 1.59 bits per heavy atom. The van der Waals surface area contributed by atoms with Crippen LogP contribution in [0.2, 0.25) is 0 Å². The van der Waals surface area contributed by atoms with Gasteiger partial charge in [-0.1, -0.05) is 23.5 Å². The van der Waals surface area contributed by atoms with E-state index in [1.807, 2.05) is 0 Å². The van der Waals surface area contributed by atoms with Gasteiger partial charge in [-0.3, -0.25) is 13.9 Å². The molecule has 116 valence electrons. The van der Waals surface area contributed by atoms with Crippen LogP contribution in [0.4, 0.5) is 0 Å². The van der Waals surface area contributed by atoms with E-state index in [1.54, 1.807) is 0 Å². The van der Waals surface area contributed by atoms with Crippen LogP contribution in [-0.2, 0) is 20.4 Å². The maximum atomic E-state index is 12.0. The van der Waals surface area contributed by atoms with Gasteiger partial charge in [0, 0.05) is 16.6 Å². The Balaban J connectivity index is 0.00000176. The molecule has 3 aliphatic heterocycles. The largest absolute Gasteiger partial charge is 1.00 e. The molecule has 0 saturated carbocycles. The zero-order chi connectivity index (χ0) is 15.3. The molecule has 1 amide bonds. The van der Waals surface area contributed by atoms with E-state index in [-0.39, 0.29) is 51.1 Å². The van der Waals surface area contributed by atoms with Crippen LogP contribution in [-0.4, -0.2) is 47.9 Å². The summed E-state index contributed by atoms with van der Waals surface area (Å²) < 4.78 is 12.2. The SMILES string of the molecule is CC(O)[C@H]1C(=O)N2C(C(=O)[O-])=C(SC3CCCS3=O)S[C@H]12.[Na+]. The normalized spacial score (nSPS) is 35.0. The zero-order valence-electron chi connectivity index (χ0n) is 12.2. The van der Waals surface area contributed by atoms with Crippen molar-refractivity contribution in [3.05, 3.63) is 9.93 Å². The summed E-state index contributed by atoms with van der Waals surface area (Å²) in [4.78, 5) is 24.5. The second-order valence-corrected chi connectivity index (χ2v) is 9.82. The molecule has 22 heavy (non-hydrogen) atoms. The van der Waals surface area contributed by atoms with Crippen LogP contribution >= 0.6 is 23.5 Å². The summed E-state index contributed by atoms with van der Waals surface area (Å²) >= 11 is 2.53. The summed E-state index contributed by atoms with van der Waals surface area (Å²) in [5.74, 6) is -1.73. The van der Waals surface area contributed by atoms with Gasteiger partial charge in [0.05, 0.1) is 32.5 Å². The molecule has 5 atom stereocenters. The molecule has 3 rings (SSSR count). The number of carbonyl (C=O) groups is 2. The number of hydrogen-bond donors (Lipinski definition) is 1. The van der Waals surface area contributed by atoms with E-state index in [0.717, 1.165) is 12.8 Å². The van der Waals surface area contributed by atoms with Crippen molar-refractivity contribution in [1.82, 2.24) is 4.90 Å². The smallest absolute Gasteiger partial charge is 0.543 e. The maximum absolute atomic E-state index is 12.0. The number of fused-ring (bicyclic) bond motifs is 1. The topological polar surface area (TPSA) is 97.7 Å². The van der Waals surface area contributed by atoms with Gasteiger partial charge in [-0.2, -0.15) is 0 Å². The second kappa shape index (κ2) is 7.16. The molecule has 0 radical (unpaired) electrons. The van der Waals surface area contributed by atoms with Gasteiger partial charge in [0.25, 0.3) is 0 Å². The summed E-state index contributed by atoms with van der Waals surface area (Å²) in [6, 6.07) is 0. The van der Waals surface area contributed by atoms with Gasteiger partial charge in [0.2, 0.25) is 5.91 Å².